The summed E-state index contributed by atoms with van der Waals surface area (Å²) < 4.78 is 5.42. The zero-order valence-electron chi connectivity index (χ0n) is 17.5. The third-order valence-electron chi connectivity index (χ3n) is 5.30. The Bertz CT molecular complexity index is 721. The molecule has 0 aliphatic carbocycles. The number of carbonyl (C=O) groups is 3. The number of piperidine rings is 2. The molecule has 3 rings (SSSR count). The van der Waals surface area contributed by atoms with Crippen molar-refractivity contribution in [1.29, 1.82) is 0 Å². The van der Waals surface area contributed by atoms with Gasteiger partial charge in [0.25, 0.3) is 5.91 Å². The van der Waals surface area contributed by atoms with Crippen LogP contribution < -0.4 is 5.32 Å². The quantitative estimate of drug-likeness (QED) is 0.813. The van der Waals surface area contributed by atoms with Crippen LogP contribution in [0.3, 0.4) is 0 Å². The second kappa shape index (κ2) is 9.15. The van der Waals surface area contributed by atoms with Crippen LogP contribution in [0, 0.1) is 5.92 Å². The number of carbonyl (C=O) groups excluding carboxylic acids is 3. The van der Waals surface area contributed by atoms with Crippen LogP contribution in [-0.2, 0) is 9.53 Å². The predicted molar refractivity (Wildman–Crippen MR) is 112 cm³/mol. The highest BCUT2D eigenvalue weighted by atomic mass is 32.1. The van der Waals surface area contributed by atoms with Gasteiger partial charge in [-0.15, -0.1) is 11.3 Å². The lowest BCUT2D eigenvalue weighted by Crippen LogP contribution is -2.51. The molecule has 0 spiro atoms. The van der Waals surface area contributed by atoms with Crippen LogP contribution in [0.5, 0.6) is 0 Å². The first-order chi connectivity index (χ1) is 13.7. The molecule has 0 aromatic carbocycles. The predicted octanol–water partition coefficient (Wildman–Crippen LogP) is 3.12. The monoisotopic (exact) mass is 421 g/mol. The maximum absolute atomic E-state index is 12.8. The van der Waals surface area contributed by atoms with Crippen LogP contribution in [0.2, 0.25) is 0 Å². The van der Waals surface area contributed by atoms with Gasteiger partial charge in [-0.1, -0.05) is 6.07 Å². The Labute approximate surface area is 176 Å². The van der Waals surface area contributed by atoms with Crippen molar-refractivity contribution in [1.82, 2.24) is 15.1 Å². The number of amides is 3. The molecule has 2 aliphatic rings. The van der Waals surface area contributed by atoms with E-state index in [0.29, 0.717) is 26.2 Å². The van der Waals surface area contributed by atoms with Gasteiger partial charge >= 0.3 is 6.09 Å². The fraction of sp³-hybridized carbons (Fsp3) is 0.667. The van der Waals surface area contributed by atoms with E-state index in [1.165, 1.54) is 11.3 Å². The van der Waals surface area contributed by atoms with E-state index in [1.807, 2.05) is 38.3 Å². The highest BCUT2D eigenvalue weighted by Crippen LogP contribution is 2.22. The van der Waals surface area contributed by atoms with Crippen molar-refractivity contribution in [3.8, 4) is 0 Å². The first kappa shape index (κ1) is 21.6. The Kier molecular flexibility index (Phi) is 6.82. The van der Waals surface area contributed by atoms with E-state index in [2.05, 4.69) is 5.32 Å². The van der Waals surface area contributed by atoms with Crippen molar-refractivity contribution in [2.45, 2.75) is 58.1 Å². The van der Waals surface area contributed by atoms with Gasteiger partial charge in [0.2, 0.25) is 5.91 Å². The van der Waals surface area contributed by atoms with Gasteiger partial charge in [-0.2, -0.15) is 0 Å². The molecule has 1 aromatic heterocycles. The topological polar surface area (TPSA) is 79.0 Å². The normalized spacial score (nSPS) is 21.0. The van der Waals surface area contributed by atoms with E-state index in [1.54, 1.807) is 9.80 Å². The molecule has 0 saturated carbocycles. The van der Waals surface area contributed by atoms with Crippen molar-refractivity contribution in [3.63, 3.8) is 0 Å². The molecule has 8 heteroatoms. The summed E-state index contributed by atoms with van der Waals surface area (Å²) in [6.07, 6.45) is 2.78. The van der Waals surface area contributed by atoms with Gasteiger partial charge in [-0.05, 0) is 57.9 Å². The molecule has 29 heavy (non-hydrogen) atoms. The number of rotatable bonds is 3. The summed E-state index contributed by atoms with van der Waals surface area (Å²) in [4.78, 5) is 41.7. The van der Waals surface area contributed by atoms with Crippen molar-refractivity contribution in [3.05, 3.63) is 22.4 Å². The molecule has 1 unspecified atom stereocenters. The number of nitrogens with zero attached hydrogens (tertiary/aromatic N) is 2. The Morgan fingerprint density at radius 3 is 2.45 bits per heavy atom. The molecule has 1 atom stereocenters. The molecule has 3 heterocycles. The van der Waals surface area contributed by atoms with Gasteiger partial charge in [0, 0.05) is 32.2 Å². The molecule has 1 aromatic rings. The molecule has 7 nitrogen and oxygen atoms in total. The SMILES string of the molecule is CC(C)(C)OC(=O)N1CCC(NC(=O)C2CCCN(C(=O)c3cccs3)C2)CC1. The van der Waals surface area contributed by atoms with Crippen LogP contribution >= 0.6 is 11.3 Å². The van der Waals surface area contributed by atoms with Gasteiger partial charge in [0.15, 0.2) is 0 Å². The zero-order valence-corrected chi connectivity index (χ0v) is 18.3. The van der Waals surface area contributed by atoms with E-state index in [9.17, 15) is 14.4 Å². The standard InChI is InChI=1S/C21H31N3O4S/c1-21(2,3)28-20(27)23-11-8-16(9-12-23)22-18(25)15-6-4-10-24(14-15)19(26)17-7-5-13-29-17/h5,7,13,15-16H,4,6,8-12,14H2,1-3H3,(H,22,25). The maximum Gasteiger partial charge on any atom is 0.410 e. The molecule has 2 aliphatic heterocycles. The highest BCUT2D eigenvalue weighted by Gasteiger charge is 2.32. The third kappa shape index (κ3) is 5.95. The van der Waals surface area contributed by atoms with Gasteiger partial charge < -0.3 is 19.9 Å². The third-order valence-corrected chi connectivity index (χ3v) is 6.16. The van der Waals surface area contributed by atoms with Gasteiger partial charge in [0.05, 0.1) is 10.8 Å². The molecular formula is C21H31N3O4S. The first-order valence-electron chi connectivity index (χ1n) is 10.3. The van der Waals surface area contributed by atoms with Crippen molar-refractivity contribution < 1.29 is 19.1 Å². The zero-order chi connectivity index (χ0) is 21.0. The molecule has 3 amide bonds. The molecule has 0 bridgehead atoms. The van der Waals surface area contributed by atoms with E-state index in [-0.39, 0.29) is 29.9 Å². The van der Waals surface area contributed by atoms with Gasteiger partial charge in [-0.3, -0.25) is 9.59 Å². The summed E-state index contributed by atoms with van der Waals surface area (Å²) in [5.41, 5.74) is -0.504. The van der Waals surface area contributed by atoms with E-state index in [0.717, 1.165) is 30.6 Å². The van der Waals surface area contributed by atoms with E-state index < -0.39 is 5.60 Å². The fourth-order valence-electron chi connectivity index (χ4n) is 3.78. The summed E-state index contributed by atoms with van der Waals surface area (Å²) in [5.74, 6) is -0.135. The van der Waals surface area contributed by atoms with Gasteiger partial charge in [0.1, 0.15) is 5.60 Å². The number of nitrogens with one attached hydrogen (secondary N) is 1. The molecule has 160 valence electrons. The molecule has 2 fully saturated rings. The van der Waals surface area contributed by atoms with Crippen LogP contribution in [0.1, 0.15) is 56.1 Å². The van der Waals surface area contributed by atoms with Crippen LogP contribution in [0.4, 0.5) is 4.79 Å². The van der Waals surface area contributed by atoms with E-state index >= 15 is 0 Å². The Morgan fingerprint density at radius 2 is 1.83 bits per heavy atom. The van der Waals surface area contributed by atoms with Crippen LogP contribution in [0.25, 0.3) is 0 Å². The molecule has 2 saturated heterocycles. The minimum Gasteiger partial charge on any atom is -0.444 e. The maximum atomic E-state index is 12.8. The second-order valence-electron chi connectivity index (χ2n) is 8.82. The van der Waals surface area contributed by atoms with Crippen molar-refractivity contribution >= 4 is 29.2 Å². The number of hydrogen-bond donors (Lipinski definition) is 1. The lowest BCUT2D eigenvalue weighted by molar-refractivity contribution is -0.127. The summed E-state index contributed by atoms with van der Waals surface area (Å²) >= 11 is 1.43. The second-order valence-corrected chi connectivity index (χ2v) is 9.77. The number of thiophene rings is 1. The largest absolute Gasteiger partial charge is 0.444 e. The Morgan fingerprint density at radius 1 is 1.10 bits per heavy atom. The van der Waals surface area contributed by atoms with Crippen LogP contribution in [0.15, 0.2) is 17.5 Å². The van der Waals surface area contributed by atoms with Gasteiger partial charge in [-0.25, -0.2) is 4.79 Å². The van der Waals surface area contributed by atoms with Crippen LogP contribution in [-0.4, -0.2) is 65.5 Å². The average Bonchev–Trinajstić information content (AvgIpc) is 3.21. The summed E-state index contributed by atoms with van der Waals surface area (Å²) in [7, 11) is 0. The Hall–Kier alpha value is -2.09. The molecule has 1 N–H and O–H groups in total. The number of ether oxygens (including phenoxy) is 1. The minimum absolute atomic E-state index is 0.0168. The summed E-state index contributed by atoms with van der Waals surface area (Å²) in [6, 6.07) is 3.76. The molecule has 0 radical (unpaired) electrons. The summed E-state index contributed by atoms with van der Waals surface area (Å²) in [6.45, 7) is 7.90. The lowest BCUT2D eigenvalue weighted by Gasteiger charge is -2.35. The highest BCUT2D eigenvalue weighted by molar-refractivity contribution is 7.12. The summed E-state index contributed by atoms with van der Waals surface area (Å²) in [5, 5.41) is 5.03. The smallest absolute Gasteiger partial charge is 0.410 e. The Balaban J connectivity index is 1.46. The molecular weight excluding hydrogens is 390 g/mol. The van der Waals surface area contributed by atoms with Crippen molar-refractivity contribution in [2.24, 2.45) is 5.92 Å². The fourth-order valence-corrected chi connectivity index (χ4v) is 4.47. The number of hydrogen-bond acceptors (Lipinski definition) is 5. The van der Waals surface area contributed by atoms with E-state index in [4.69, 9.17) is 4.74 Å². The first-order valence-corrected chi connectivity index (χ1v) is 11.2. The average molecular weight is 422 g/mol. The lowest BCUT2D eigenvalue weighted by atomic mass is 9.95. The number of likely N-dealkylation sites (tertiary alicyclic amines) is 2. The minimum atomic E-state index is -0.504. The van der Waals surface area contributed by atoms with Crippen molar-refractivity contribution in [2.75, 3.05) is 26.2 Å².